The first-order valence-corrected chi connectivity index (χ1v) is 18.9. The Morgan fingerprint density at radius 2 is 0.462 bits per heavy atom. The monoisotopic (exact) mass is 549 g/mol. The molecule has 0 spiro atoms. The second-order valence-electron chi connectivity index (χ2n) is 12.9. The topological polar surface area (TPSA) is 3.24 Å². The normalized spacial score (nSPS) is 11.7. The minimum atomic E-state index is 0.998. The van der Waals surface area contributed by atoms with E-state index in [4.69, 9.17) is 0 Å². The zero-order valence-electron chi connectivity index (χ0n) is 27.9. The number of hydrogen-bond donors (Lipinski definition) is 0. The van der Waals surface area contributed by atoms with Crippen molar-refractivity contribution in [2.75, 3.05) is 19.6 Å². The molecule has 0 rings (SSSR count). The van der Waals surface area contributed by atoms with Crippen LogP contribution in [0.25, 0.3) is 0 Å². The van der Waals surface area contributed by atoms with Crippen molar-refractivity contribution in [2.24, 2.45) is 0 Å². The van der Waals surface area contributed by atoms with E-state index < -0.39 is 0 Å². The SMILES string of the molecule is [CH2]CN(CCCCCCCCCCCCCCCCCC)CCCCCCCCCCCCCCCCCC. The highest BCUT2D eigenvalue weighted by molar-refractivity contribution is 4.60. The van der Waals surface area contributed by atoms with Crippen molar-refractivity contribution in [3.05, 3.63) is 6.92 Å². The lowest BCUT2D eigenvalue weighted by Crippen LogP contribution is -2.25. The second kappa shape index (κ2) is 36.0. The third-order valence-corrected chi connectivity index (χ3v) is 8.97. The fourth-order valence-corrected chi connectivity index (χ4v) is 6.10. The smallest absolute Gasteiger partial charge is 0.00183 e. The lowest BCUT2D eigenvalue weighted by Gasteiger charge is -2.20. The van der Waals surface area contributed by atoms with E-state index in [0.717, 1.165) is 6.54 Å². The van der Waals surface area contributed by atoms with Crippen LogP contribution in [0.5, 0.6) is 0 Å². The van der Waals surface area contributed by atoms with Crippen molar-refractivity contribution in [3.63, 3.8) is 0 Å². The molecule has 0 saturated carbocycles. The third kappa shape index (κ3) is 34.1. The average Bonchev–Trinajstić information content (AvgIpc) is 2.95. The van der Waals surface area contributed by atoms with Gasteiger partial charge in [0.2, 0.25) is 0 Å². The quantitative estimate of drug-likeness (QED) is 0.0712. The maximum Gasteiger partial charge on any atom is -0.00183 e. The zero-order valence-corrected chi connectivity index (χ0v) is 27.9. The molecular formula is C38H78N. The van der Waals surface area contributed by atoms with Gasteiger partial charge in [-0.2, -0.15) is 0 Å². The second-order valence-corrected chi connectivity index (χ2v) is 12.9. The molecule has 0 aliphatic carbocycles. The lowest BCUT2D eigenvalue weighted by molar-refractivity contribution is 0.285. The molecule has 0 fully saturated rings. The Kier molecular flexibility index (Phi) is 35.9. The van der Waals surface area contributed by atoms with Gasteiger partial charge in [0.15, 0.2) is 0 Å². The Labute approximate surface area is 250 Å². The molecule has 0 unspecified atom stereocenters. The van der Waals surface area contributed by atoms with Crippen LogP contribution in [-0.4, -0.2) is 24.5 Å². The standard InChI is InChI=1S/C38H78N/c1-4-7-9-11-13-15-17-19-21-23-25-27-29-31-33-35-37-39(6-3)38-36-34-32-30-28-26-24-22-20-18-16-14-12-10-8-5-2/h3-38H2,1-2H3. The molecule has 0 heterocycles. The minimum absolute atomic E-state index is 0.998. The number of hydrogen-bond acceptors (Lipinski definition) is 1. The summed E-state index contributed by atoms with van der Waals surface area (Å²) < 4.78 is 0. The van der Waals surface area contributed by atoms with Crippen molar-refractivity contribution in [3.8, 4) is 0 Å². The third-order valence-electron chi connectivity index (χ3n) is 8.97. The summed E-state index contributed by atoms with van der Waals surface area (Å²) in [4.78, 5) is 2.60. The summed E-state index contributed by atoms with van der Waals surface area (Å²) in [6, 6.07) is 0. The van der Waals surface area contributed by atoms with E-state index in [-0.39, 0.29) is 0 Å². The van der Waals surface area contributed by atoms with E-state index in [9.17, 15) is 0 Å². The fourth-order valence-electron chi connectivity index (χ4n) is 6.10. The Morgan fingerprint density at radius 1 is 0.282 bits per heavy atom. The molecule has 0 atom stereocenters. The van der Waals surface area contributed by atoms with Crippen LogP contribution in [0.2, 0.25) is 0 Å². The summed E-state index contributed by atoms with van der Waals surface area (Å²) >= 11 is 0. The molecule has 0 aliphatic rings. The minimum Gasteiger partial charge on any atom is -0.303 e. The summed E-state index contributed by atoms with van der Waals surface area (Å²) in [5.41, 5.74) is 0. The molecule has 1 heteroatoms. The number of nitrogens with zero attached hydrogens (tertiary/aromatic N) is 1. The van der Waals surface area contributed by atoms with Crippen molar-refractivity contribution < 1.29 is 0 Å². The predicted molar refractivity (Wildman–Crippen MR) is 181 cm³/mol. The Bertz CT molecular complexity index is 370. The number of rotatable bonds is 35. The van der Waals surface area contributed by atoms with Crippen LogP contribution in [0.3, 0.4) is 0 Å². The Morgan fingerprint density at radius 3 is 0.641 bits per heavy atom. The molecule has 1 nitrogen and oxygen atoms in total. The van der Waals surface area contributed by atoms with Gasteiger partial charge < -0.3 is 4.90 Å². The van der Waals surface area contributed by atoms with E-state index in [2.05, 4.69) is 25.7 Å². The van der Waals surface area contributed by atoms with E-state index >= 15 is 0 Å². The van der Waals surface area contributed by atoms with Crippen molar-refractivity contribution in [2.45, 2.75) is 219 Å². The number of unbranched alkanes of at least 4 members (excludes halogenated alkanes) is 30. The Hall–Kier alpha value is -0.0400. The van der Waals surface area contributed by atoms with Gasteiger partial charge in [-0.15, -0.1) is 0 Å². The van der Waals surface area contributed by atoms with Gasteiger partial charge in [-0.3, -0.25) is 0 Å². The molecule has 0 N–H and O–H groups in total. The maximum atomic E-state index is 4.20. The van der Waals surface area contributed by atoms with Gasteiger partial charge in [-0.05, 0) is 39.4 Å². The fraction of sp³-hybridized carbons (Fsp3) is 0.974. The largest absolute Gasteiger partial charge is 0.303 e. The Balaban J connectivity index is 3.25. The first kappa shape index (κ1) is 39.0. The molecule has 1 radical (unpaired) electrons. The molecular weight excluding hydrogens is 470 g/mol. The van der Waals surface area contributed by atoms with Gasteiger partial charge in [0, 0.05) is 0 Å². The van der Waals surface area contributed by atoms with Crippen LogP contribution in [0.4, 0.5) is 0 Å². The molecule has 0 saturated heterocycles. The van der Waals surface area contributed by atoms with E-state index in [1.54, 1.807) is 0 Å². The van der Waals surface area contributed by atoms with Crippen molar-refractivity contribution in [1.29, 1.82) is 0 Å². The van der Waals surface area contributed by atoms with E-state index in [1.165, 1.54) is 219 Å². The van der Waals surface area contributed by atoms with Gasteiger partial charge in [-0.25, -0.2) is 0 Å². The van der Waals surface area contributed by atoms with Gasteiger partial charge >= 0.3 is 0 Å². The highest BCUT2D eigenvalue weighted by Gasteiger charge is 2.02. The highest BCUT2D eigenvalue weighted by atomic mass is 15.1. The van der Waals surface area contributed by atoms with Crippen LogP contribution in [0, 0.1) is 6.92 Å². The molecule has 0 aromatic heterocycles. The van der Waals surface area contributed by atoms with E-state index in [1.807, 2.05) is 0 Å². The molecule has 235 valence electrons. The molecule has 0 amide bonds. The summed E-state index contributed by atoms with van der Waals surface area (Å²) in [5, 5.41) is 0. The zero-order chi connectivity index (χ0) is 28.3. The summed E-state index contributed by atoms with van der Waals surface area (Å²) in [5.74, 6) is 0. The van der Waals surface area contributed by atoms with Crippen LogP contribution < -0.4 is 0 Å². The van der Waals surface area contributed by atoms with Crippen molar-refractivity contribution in [1.82, 2.24) is 4.90 Å². The van der Waals surface area contributed by atoms with Crippen LogP contribution >= 0.6 is 0 Å². The summed E-state index contributed by atoms with van der Waals surface area (Å²) in [6.07, 6.45) is 46.5. The summed E-state index contributed by atoms with van der Waals surface area (Å²) in [7, 11) is 0. The van der Waals surface area contributed by atoms with Gasteiger partial charge in [0.25, 0.3) is 0 Å². The highest BCUT2D eigenvalue weighted by Crippen LogP contribution is 2.15. The van der Waals surface area contributed by atoms with Gasteiger partial charge in [0.05, 0.1) is 0 Å². The average molecular weight is 549 g/mol. The molecule has 0 bridgehead atoms. The molecule has 0 aliphatic heterocycles. The predicted octanol–water partition coefficient (Wildman–Crippen LogP) is 13.6. The van der Waals surface area contributed by atoms with Crippen LogP contribution in [0.15, 0.2) is 0 Å². The molecule has 39 heavy (non-hydrogen) atoms. The van der Waals surface area contributed by atoms with Crippen LogP contribution in [-0.2, 0) is 0 Å². The van der Waals surface area contributed by atoms with Gasteiger partial charge in [-0.1, -0.05) is 206 Å². The molecule has 0 aromatic carbocycles. The van der Waals surface area contributed by atoms with E-state index in [0.29, 0.717) is 0 Å². The summed E-state index contributed by atoms with van der Waals surface area (Å²) in [6.45, 7) is 12.4. The maximum absolute atomic E-state index is 4.20. The lowest BCUT2D eigenvalue weighted by atomic mass is 10.0. The first-order chi connectivity index (χ1) is 19.3. The van der Waals surface area contributed by atoms with Crippen molar-refractivity contribution >= 4 is 0 Å². The van der Waals surface area contributed by atoms with Gasteiger partial charge in [0.1, 0.15) is 0 Å². The van der Waals surface area contributed by atoms with Crippen LogP contribution in [0.1, 0.15) is 219 Å². The molecule has 0 aromatic rings. The first-order valence-electron chi connectivity index (χ1n) is 18.9.